The zero-order chi connectivity index (χ0) is 17.7. The molecule has 0 aliphatic carbocycles. The number of hydrogen-bond donors (Lipinski definition) is 1. The highest BCUT2D eigenvalue weighted by Gasteiger charge is 2.29. The fourth-order valence-electron chi connectivity index (χ4n) is 3.09. The van der Waals surface area contributed by atoms with Crippen LogP contribution in [0.25, 0.3) is 0 Å². The molecule has 0 radical (unpaired) electrons. The number of hydrogen-bond acceptors (Lipinski definition) is 2. The van der Waals surface area contributed by atoms with E-state index in [1.165, 1.54) is 5.56 Å². The van der Waals surface area contributed by atoms with Crippen LogP contribution in [0.1, 0.15) is 38.2 Å². The van der Waals surface area contributed by atoms with E-state index < -0.39 is 0 Å². The van der Waals surface area contributed by atoms with Gasteiger partial charge in [-0.1, -0.05) is 30.7 Å². The molecule has 2 rings (SSSR count). The summed E-state index contributed by atoms with van der Waals surface area (Å²) in [4.78, 5) is 25.9. The normalized spacial score (nSPS) is 18.1. The molecule has 0 bridgehead atoms. The average molecular weight is 371 g/mol. The van der Waals surface area contributed by atoms with Gasteiger partial charge in [0.2, 0.25) is 11.8 Å². The van der Waals surface area contributed by atoms with Crippen LogP contribution >= 0.6 is 23.2 Å². The van der Waals surface area contributed by atoms with Crippen LogP contribution in [0, 0.1) is 5.92 Å². The third-order valence-electron chi connectivity index (χ3n) is 4.80. The van der Waals surface area contributed by atoms with E-state index in [1.54, 1.807) is 0 Å². The fraction of sp³-hybridized carbons (Fsp3) is 0.556. The first-order valence-electron chi connectivity index (χ1n) is 8.32. The standard InChI is InChI=1S/C18H24Cl2N2O2/c1-12(13(2)21-17(23)11-19)18(24)22-9-7-15(8-10-22)14-3-5-16(20)6-4-14/h3-6,12-13,15H,7-11H2,1-2H3,(H,21,23). The number of halogens is 2. The number of nitrogens with one attached hydrogen (secondary N) is 1. The Morgan fingerprint density at radius 2 is 1.79 bits per heavy atom. The summed E-state index contributed by atoms with van der Waals surface area (Å²) >= 11 is 11.4. The first-order chi connectivity index (χ1) is 11.4. The van der Waals surface area contributed by atoms with Crippen molar-refractivity contribution in [2.24, 2.45) is 5.92 Å². The Morgan fingerprint density at radius 3 is 2.33 bits per heavy atom. The zero-order valence-electron chi connectivity index (χ0n) is 14.1. The quantitative estimate of drug-likeness (QED) is 0.807. The summed E-state index contributed by atoms with van der Waals surface area (Å²) in [5.41, 5.74) is 1.28. The molecule has 1 aromatic rings. The number of benzene rings is 1. The number of carbonyl (C=O) groups is 2. The molecule has 0 spiro atoms. The van der Waals surface area contributed by atoms with Crippen LogP contribution in [0.3, 0.4) is 0 Å². The molecule has 1 N–H and O–H groups in total. The van der Waals surface area contributed by atoms with E-state index in [2.05, 4.69) is 17.4 Å². The summed E-state index contributed by atoms with van der Waals surface area (Å²) in [5.74, 6) is -0.0333. The molecule has 0 aromatic heterocycles. The molecule has 2 amide bonds. The van der Waals surface area contributed by atoms with Gasteiger partial charge in [0.05, 0.1) is 5.92 Å². The Morgan fingerprint density at radius 1 is 1.21 bits per heavy atom. The molecular weight excluding hydrogens is 347 g/mol. The molecule has 6 heteroatoms. The Labute approximate surface area is 153 Å². The Kier molecular flexibility index (Phi) is 6.93. The van der Waals surface area contributed by atoms with E-state index in [-0.39, 0.29) is 29.7 Å². The summed E-state index contributed by atoms with van der Waals surface area (Å²) < 4.78 is 0. The summed E-state index contributed by atoms with van der Waals surface area (Å²) in [6, 6.07) is 7.74. The van der Waals surface area contributed by atoms with Crippen LogP contribution < -0.4 is 5.32 Å². The number of carbonyl (C=O) groups excluding carboxylic acids is 2. The van der Waals surface area contributed by atoms with Crippen LogP contribution in [0.5, 0.6) is 0 Å². The van der Waals surface area contributed by atoms with Gasteiger partial charge in [0.1, 0.15) is 5.88 Å². The predicted octanol–water partition coefficient (Wildman–Crippen LogP) is 3.43. The van der Waals surface area contributed by atoms with Gasteiger partial charge >= 0.3 is 0 Å². The zero-order valence-corrected chi connectivity index (χ0v) is 15.6. The maximum atomic E-state index is 12.6. The summed E-state index contributed by atoms with van der Waals surface area (Å²) in [7, 11) is 0. The molecule has 132 valence electrons. The van der Waals surface area contributed by atoms with Crippen molar-refractivity contribution in [3.8, 4) is 0 Å². The van der Waals surface area contributed by atoms with Crippen molar-refractivity contribution < 1.29 is 9.59 Å². The van der Waals surface area contributed by atoms with Gasteiger partial charge < -0.3 is 10.2 Å². The SMILES string of the molecule is CC(NC(=O)CCl)C(C)C(=O)N1CCC(c2ccc(Cl)cc2)CC1. The minimum absolute atomic E-state index is 0.0856. The molecule has 1 saturated heterocycles. The summed E-state index contributed by atoms with van der Waals surface area (Å²) in [6.07, 6.45) is 1.89. The second kappa shape index (κ2) is 8.72. The topological polar surface area (TPSA) is 49.4 Å². The molecule has 0 saturated carbocycles. The van der Waals surface area contributed by atoms with Crippen molar-refractivity contribution >= 4 is 35.0 Å². The third-order valence-corrected chi connectivity index (χ3v) is 5.29. The second-order valence-electron chi connectivity index (χ2n) is 6.43. The average Bonchev–Trinajstić information content (AvgIpc) is 2.61. The van der Waals surface area contributed by atoms with E-state index in [4.69, 9.17) is 23.2 Å². The summed E-state index contributed by atoms with van der Waals surface area (Å²) in [5, 5.41) is 3.50. The number of nitrogens with zero attached hydrogens (tertiary/aromatic N) is 1. The van der Waals surface area contributed by atoms with Gasteiger partial charge in [-0.3, -0.25) is 9.59 Å². The number of amides is 2. The van der Waals surface area contributed by atoms with Crippen LogP contribution in [0.2, 0.25) is 5.02 Å². The monoisotopic (exact) mass is 370 g/mol. The van der Waals surface area contributed by atoms with E-state index in [1.807, 2.05) is 30.9 Å². The highest BCUT2D eigenvalue weighted by molar-refractivity contribution is 6.30. The van der Waals surface area contributed by atoms with Gasteiger partial charge in [0.15, 0.2) is 0 Å². The number of alkyl halides is 1. The van der Waals surface area contributed by atoms with Crippen molar-refractivity contribution in [3.05, 3.63) is 34.9 Å². The molecule has 24 heavy (non-hydrogen) atoms. The smallest absolute Gasteiger partial charge is 0.235 e. The van der Waals surface area contributed by atoms with Crippen LogP contribution in [-0.2, 0) is 9.59 Å². The van der Waals surface area contributed by atoms with Crippen LogP contribution in [-0.4, -0.2) is 41.7 Å². The van der Waals surface area contributed by atoms with E-state index >= 15 is 0 Å². The van der Waals surface area contributed by atoms with Crippen molar-refractivity contribution in [3.63, 3.8) is 0 Å². The maximum absolute atomic E-state index is 12.6. The lowest BCUT2D eigenvalue weighted by Crippen LogP contribution is -2.47. The minimum atomic E-state index is -0.260. The van der Waals surface area contributed by atoms with E-state index in [0.29, 0.717) is 5.92 Å². The lowest BCUT2D eigenvalue weighted by Gasteiger charge is -2.35. The lowest BCUT2D eigenvalue weighted by molar-refractivity contribution is -0.137. The molecule has 2 atom stereocenters. The van der Waals surface area contributed by atoms with Crippen LogP contribution in [0.15, 0.2) is 24.3 Å². The lowest BCUT2D eigenvalue weighted by atomic mass is 9.88. The van der Waals surface area contributed by atoms with Crippen molar-refractivity contribution in [2.45, 2.75) is 38.6 Å². The highest BCUT2D eigenvalue weighted by atomic mass is 35.5. The van der Waals surface area contributed by atoms with Gasteiger partial charge in [-0.15, -0.1) is 11.6 Å². The molecule has 2 unspecified atom stereocenters. The molecule has 1 aromatic carbocycles. The Bertz CT molecular complexity index is 569. The Hall–Kier alpha value is -1.26. The van der Waals surface area contributed by atoms with Crippen molar-refractivity contribution in [1.82, 2.24) is 10.2 Å². The van der Waals surface area contributed by atoms with Gasteiger partial charge in [-0.2, -0.15) is 0 Å². The van der Waals surface area contributed by atoms with E-state index in [9.17, 15) is 9.59 Å². The molecule has 4 nitrogen and oxygen atoms in total. The minimum Gasteiger partial charge on any atom is -0.352 e. The van der Waals surface area contributed by atoms with Crippen LogP contribution in [0.4, 0.5) is 0 Å². The maximum Gasteiger partial charge on any atom is 0.235 e. The van der Waals surface area contributed by atoms with Crippen molar-refractivity contribution in [1.29, 1.82) is 0 Å². The van der Waals surface area contributed by atoms with Crippen molar-refractivity contribution in [2.75, 3.05) is 19.0 Å². The predicted molar refractivity (Wildman–Crippen MR) is 97.5 cm³/mol. The van der Waals surface area contributed by atoms with Gasteiger partial charge in [-0.25, -0.2) is 0 Å². The molecule has 1 aliphatic heterocycles. The van der Waals surface area contributed by atoms with Gasteiger partial charge in [0, 0.05) is 24.2 Å². The number of rotatable bonds is 5. The highest BCUT2D eigenvalue weighted by Crippen LogP contribution is 2.29. The Balaban J connectivity index is 1.87. The number of piperidine rings is 1. The first-order valence-corrected chi connectivity index (χ1v) is 9.23. The fourth-order valence-corrected chi connectivity index (χ4v) is 3.29. The third kappa shape index (κ3) is 4.87. The van der Waals surface area contributed by atoms with E-state index in [0.717, 1.165) is 31.0 Å². The molecule has 1 heterocycles. The largest absolute Gasteiger partial charge is 0.352 e. The van der Waals surface area contributed by atoms with Gasteiger partial charge in [-0.05, 0) is 43.4 Å². The molecule has 1 fully saturated rings. The molecular formula is C18H24Cl2N2O2. The second-order valence-corrected chi connectivity index (χ2v) is 7.13. The molecule has 1 aliphatic rings. The summed E-state index contributed by atoms with van der Waals surface area (Å²) in [6.45, 7) is 5.18. The van der Waals surface area contributed by atoms with Gasteiger partial charge in [0.25, 0.3) is 0 Å². The first kappa shape index (κ1) is 19.1. The number of likely N-dealkylation sites (tertiary alicyclic amines) is 1.